The van der Waals surface area contributed by atoms with Crippen molar-refractivity contribution in [2.45, 2.75) is 6.92 Å². The molecule has 0 spiro atoms. The highest BCUT2D eigenvalue weighted by atomic mass is 35.5. The van der Waals surface area contributed by atoms with Crippen LogP contribution >= 0.6 is 23.4 Å². The number of carbonyl (C=O) groups excluding carboxylic acids is 1. The molecule has 0 saturated carbocycles. The summed E-state index contributed by atoms with van der Waals surface area (Å²) in [5, 5.41) is 9.97. The lowest BCUT2D eigenvalue weighted by Gasteiger charge is -2.11. The van der Waals surface area contributed by atoms with Crippen LogP contribution in [0, 0.1) is 0 Å². The number of hydrogen-bond acceptors (Lipinski definition) is 6. The van der Waals surface area contributed by atoms with Gasteiger partial charge in [-0.1, -0.05) is 17.7 Å². The number of ether oxygens (including phenoxy) is 2. The summed E-state index contributed by atoms with van der Waals surface area (Å²) in [6.07, 6.45) is 1.73. The average Bonchev–Trinajstić information content (AvgIpc) is 2.97. The molecule has 0 radical (unpaired) electrons. The Morgan fingerprint density at radius 1 is 1.20 bits per heavy atom. The number of hydrogen-bond donors (Lipinski definition) is 1. The van der Waals surface area contributed by atoms with Gasteiger partial charge in [-0.25, -0.2) is 9.79 Å². The van der Waals surface area contributed by atoms with E-state index in [0.717, 1.165) is 5.56 Å². The predicted octanol–water partition coefficient (Wildman–Crippen LogP) is 4.44. The van der Waals surface area contributed by atoms with Crippen LogP contribution in [0.5, 0.6) is 11.5 Å². The second-order valence-corrected chi connectivity index (χ2v) is 7.61. The number of likely N-dealkylation sites (N-methyl/N-ethyl adjacent to an activating group) is 1. The summed E-state index contributed by atoms with van der Waals surface area (Å²) >= 11 is 7.16. The van der Waals surface area contributed by atoms with Gasteiger partial charge < -0.3 is 14.6 Å². The molecule has 0 atom stereocenters. The highest BCUT2D eigenvalue weighted by molar-refractivity contribution is 8.18. The van der Waals surface area contributed by atoms with Crippen molar-refractivity contribution >= 4 is 52.2 Å². The summed E-state index contributed by atoms with van der Waals surface area (Å²) in [7, 11) is 1.67. The lowest BCUT2D eigenvalue weighted by Crippen LogP contribution is -2.23. The van der Waals surface area contributed by atoms with Gasteiger partial charge in [0.05, 0.1) is 17.2 Å². The predicted molar refractivity (Wildman–Crippen MR) is 118 cm³/mol. The number of amidine groups is 1. The minimum Gasteiger partial charge on any atom is -0.490 e. The van der Waals surface area contributed by atoms with Crippen LogP contribution in [0.15, 0.2) is 52.4 Å². The summed E-state index contributed by atoms with van der Waals surface area (Å²) in [4.78, 5) is 29.9. The molecule has 2 aromatic rings. The zero-order chi connectivity index (χ0) is 21.7. The SMILES string of the molecule is CCOc1cc(/C=C2/SC(=Nc3ccc(Cl)cc3)N(C)C2=O)ccc1OCC(=O)O. The van der Waals surface area contributed by atoms with Crippen LogP contribution in [0.1, 0.15) is 12.5 Å². The summed E-state index contributed by atoms with van der Waals surface area (Å²) in [5.41, 5.74) is 1.42. The van der Waals surface area contributed by atoms with Crippen molar-refractivity contribution in [2.75, 3.05) is 20.3 Å². The van der Waals surface area contributed by atoms with Gasteiger partial charge in [0.15, 0.2) is 23.3 Å². The molecular weight excluding hydrogens is 428 g/mol. The Bertz CT molecular complexity index is 1020. The number of rotatable bonds is 7. The largest absolute Gasteiger partial charge is 0.490 e. The molecule has 1 saturated heterocycles. The average molecular weight is 447 g/mol. The molecule has 0 bridgehead atoms. The van der Waals surface area contributed by atoms with Gasteiger partial charge in [-0.2, -0.15) is 0 Å². The summed E-state index contributed by atoms with van der Waals surface area (Å²) in [6, 6.07) is 12.1. The van der Waals surface area contributed by atoms with Gasteiger partial charge in [-0.15, -0.1) is 0 Å². The van der Waals surface area contributed by atoms with E-state index in [2.05, 4.69) is 4.99 Å². The molecule has 0 aromatic heterocycles. The molecule has 0 unspecified atom stereocenters. The highest BCUT2D eigenvalue weighted by Crippen LogP contribution is 2.35. The van der Waals surface area contributed by atoms with E-state index in [0.29, 0.717) is 38.9 Å². The zero-order valence-electron chi connectivity index (χ0n) is 16.3. The number of aliphatic carboxylic acids is 1. The van der Waals surface area contributed by atoms with Gasteiger partial charge in [0, 0.05) is 12.1 Å². The third kappa shape index (κ3) is 5.34. The van der Waals surface area contributed by atoms with Crippen LogP contribution in [-0.2, 0) is 9.59 Å². The minimum absolute atomic E-state index is 0.170. The Morgan fingerprint density at radius 3 is 2.60 bits per heavy atom. The smallest absolute Gasteiger partial charge is 0.341 e. The molecule has 1 N–H and O–H groups in total. The number of benzene rings is 2. The van der Waals surface area contributed by atoms with Gasteiger partial charge in [0.25, 0.3) is 5.91 Å². The fourth-order valence-corrected chi connectivity index (χ4v) is 3.68. The lowest BCUT2D eigenvalue weighted by atomic mass is 10.2. The second kappa shape index (κ2) is 9.69. The Balaban J connectivity index is 1.85. The summed E-state index contributed by atoms with van der Waals surface area (Å²) in [5.74, 6) is -0.509. The molecule has 1 amide bonds. The van der Waals surface area contributed by atoms with Crippen molar-refractivity contribution in [3.8, 4) is 11.5 Å². The van der Waals surface area contributed by atoms with E-state index in [1.165, 1.54) is 16.7 Å². The highest BCUT2D eigenvalue weighted by Gasteiger charge is 2.30. The van der Waals surface area contributed by atoms with E-state index in [-0.39, 0.29) is 5.91 Å². The first-order valence-electron chi connectivity index (χ1n) is 9.00. The van der Waals surface area contributed by atoms with E-state index in [4.69, 9.17) is 26.2 Å². The van der Waals surface area contributed by atoms with Crippen molar-refractivity contribution in [1.82, 2.24) is 4.90 Å². The standard InChI is InChI=1S/C21H19ClN2O5S/c1-3-28-17-10-13(4-9-16(17)29-12-19(25)26)11-18-20(27)24(2)21(30-18)23-15-7-5-14(22)6-8-15/h4-11H,3,12H2,1-2H3,(H,25,26)/b18-11+,23-21?. The molecule has 1 heterocycles. The van der Waals surface area contributed by atoms with Crippen LogP contribution in [0.3, 0.4) is 0 Å². The number of carboxylic acid groups (broad SMARTS) is 1. The van der Waals surface area contributed by atoms with Gasteiger partial charge in [-0.3, -0.25) is 9.69 Å². The van der Waals surface area contributed by atoms with Crippen LogP contribution in [0.4, 0.5) is 5.69 Å². The lowest BCUT2D eigenvalue weighted by molar-refractivity contribution is -0.139. The maximum absolute atomic E-state index is 12.6. The fraction of sp³-hybridized carbons (Fsp3) is 0.190. The van der Waals surface area contributed by atoms with Crippen LogP contribution in [0.2, 0.25) is 5.02 Å². The van der Waals surface area contributed by atoms with Crippen molar-refractivity contribution in [2.24, 2.45) is 4.99 Å². The van der Waals surface area contributed by atoms with Crippen LogP contribution in [-0.4, -0.2) is 47.3 Å². The number of amides is 1. The first kappa shape index (κ1) is 21.7. The van der Waals surface area contributed by atoms with Crippen LogP contribution in [0.25, 0.3) is 6.08 Å². The minimum atomic E-state index is -1.08. The van der Waals surface area contributed by atoms with Crippen LogP contribution < -0.4 is 9.47 Å². The van der Waals surface area contributed by atoms with Gasteiger partial charge in [0.1, 0.15) is 0 Å². The van der Waals surface area contributed by atoms with Crippen molar-refractivity contribution in [3.05, 3.63) is 58.0 Å². The molecule has 1 fully saturated rings. The molecule has 1 aliphatic rings. The molecule has 3 rings (SSSR count). The fourth-order valence-electron chi connectivity index (χ4n) is 2.57. The van der Waals surface area contributed by atoms with E-state index >= 15 is 0 Å². The number of carbonyl (C=O) groups is 2. The third-order valence-corrected chi connectivity index (χ3v) is 5.28. The zero-order valence-corrected chi connectivity index (χ0v) is 17.9. The number of halogens is 1. The molecule has 2 aromatic carbocycles. The Morgan fingerprint density at radius 2 is 1.93 bits per heavy atom. The molecule has 0 aliphatic carbocycles. The summed E-state index contributed by atoms with van der Waals surface area (Å²) < 4.78 is 10.8. The Kier molecular flexibility index (Phi) is 7.02. The van der Waals surface area contributed by atoms with E-state index in [1.54, 1.807) is 55.6 Å². The molecular formula is C21H19ClN2O5S. The van der Waals surface area contributed by atoms with Gasteiger partial charge in [-0.05, 0) is 66.7 Å². The second-order valence-electron chi connectivity index (χ2n) is 6.17. The van der Waals surface area contributed by atoms with E-state index in [9.17, 15) is 9.59 Å². The first-order chi connectivity index (χ1) is 14.4. The maximum atomic E-state index is 12.6. The van der Waals surface area contributed by atoms with Crippen molar-refractivity contribution in [1.29, 1.82) is 0 Å². The molecule has 7 nitrogen and oxygen atoms in total. The monoisotopic (exact) mass is 446 g/mol. The normalized spacial score (nSPS) is 16.4. The molecule has 9 heteroatoms. The Labute approximate surface area is 183 Å². The number of thioether (sulfide) groups is 1. The van der Waals surface area contributed by atoms with E-state index in [1.807, 2.05) is 6.92 Å². The third-order valence-electron chi connectivity index (χ3n) is 3.97. The molecule has 156 valence electrons. The summed E-state index contributed by atoms with van der Waals surface area (Å²) in [6.45, 7) is 1.73. The van der Waals surface area contributed by atoms with Gasteiger partial charge >= 0.3 is 5.97 Å². The maximum Gasteiger partial charge on any atom is 0.341 e. The van der Waals surface area contributed by atoms with Crippen molar-refractivity contribution in [3.63, 3.8) is 0 Å². The molecule has 30 heavy (non-hydrogen) atoms. The topological polar surface area (TPSA) is 88.4 Å². The number of aliphatic imine (C=N–C) groups is 1. The first-order valence-corrected chi connectivity index (χ1v) is 10.2. The Hall–Kier alpha value is -2.97. The van der Waals surface area contributed by atoms with E-state index < -0.39 is 12.6 Å². The van der Waals surface area contributed by atoms with Crippen molar-refractivity contribution < 1.29 is 24.2 Å². The number of nitrogens with zero attached hydrogens (tertiary/aromatic N) is 2. The quantitative estimate of drug-likeness (QED) is 0.633. The van der Waals surface area contributed by atoms with Gasteiger partial charge in [0.2, 0.25) is 0 Å². The number of carboxylic acids is 1. The molecule has 1 aliphatic heterocycles.